The Kier molecular flexibility index (Phi) is 7.01. The molecule has 3 aromatic rings. The Balaban J connectivity index is 1.46. The summed E-state index contributed by atoms with van der Waals surface area (Å²) in [5.41, 5.74) is 1.16. The zero-order chi connectivity index (χ0) is 23.2. The normalized spacial score (nSPS) is 14.5. The van der Waals surface area contributed by atoms with E-state index in [4.69, 9.17) is 21.7 Å². The maximum absolute atomic E-state index is 13.0. The summed E-state index contributed by atoms with van der Waals surface area (Å²) in [6.45, 7) is 0.712. The lowest BCUT2D eigenvalue weighted by Gasteiger charge is -2.14. The molecule has 9 heteroatoms. The molecule has 4 rings (SSSR count). The SMILES string of the molecule is O=C1/C(=C/c2ccccc2OCCOc2ccccc2)SC(=S)N1c1ccc([N+](=O)[O-])cc1. The number of nitro groups is 1. The van der Waals surface area contributed by atoms with Crippen molar-refractivity contribution in [3.8, 4) is 11.5 Å². The van der Waals surface area contributed by atoms with E-state index in [-0.39, 0.29) is 11.6 Å². The molecule has 0 unspecified atom stereocenters. The number of thiocarbonyl (C=S) groups is 1. The van der Waals surface area contributed by atoms with Crippen LogP contribution in [-0.2, 0) is 4.79 Å². The molecule has 3 aromatic carbocycles. The fraction of sp³-hybridized carbons (Fsp3) is 0.0833. The number of hydrogen-bond donors (Lipinski definition) is 0. The Morgan fingerprint density at radius 2 is 1.61 bits per heavy atom. The zero-order valence-corrected chi connectivity index (χ0v) is 18.9. The van der Waals surface area contributed by atoms with E-state index in [9.17, 15) is 14.9 Å². The Bertz CT molecular complexity index is 1210. The summed E-state index contributed by atoms with van der Waals surface area (Å²) in [5.74, 6) is 1.10. The molecule has 0 aromatic heterocycles. The third-order valence-corrected chi connectivity index (χ3v) is 5.97. The molecule has 33 heavy (non-hydrogen) atoms. The molecule has 0 radical (unpaired) electrons. The van der Waals surface area contributed by atoms with Gasteiger partial charge in [0.1, 0.15) is 24.7 Å². The van der Waals surface area contributed by atoms with Crippen molar-refractivity contribution >= 4 is 51.7 Å². The van der Waals surface area contributed by atoms with Crippen LogP contribution in [0.15, 0.2) is 83.8 Å². The van der Waals surface area contributed by atoms with E-state index in [1.54, 1.807) is 6.08 Å². The first-order valence-corrected chi connectivity index (χ1v) is 11.2. The molecule has 0 saturated carbocycles. The van der Waals surface area contributed by atoms with Crippen LogP contribution >= 0.6 is 24.0 Å². The second-order valence-electron chi connectivity index (χ2n) is 6.84. The van der Waals surface area contributed by atoms with E-state index in [1.165, 1.54) is 40.9 Å². The average Bonchev–Trinajstić information content (AvgIpc) is 3.11. The van der Waals surface area contributed by atoms with Crippen molar-refractivity contribution in [1.82, 2.24) is 0 Å². The quantitative estimate of drug-likeness (QED) is 0.140. The molecule has 166 valence electrons. The van der Waals surface area contributed by atoms with Crippen molar-refractivity contribution in [1.29, 1.82) is 0 Å². The molecule has 0 N–H and O–H groups in total. The van der Waals surface area contributed by atoms with Crippen LogP contribution < -0.4 is 14.4 Å². The average molecular weight is 479 g/mol. The van der Waals surface area contributed by atoms with Crippen molar-refractivity contribution in [3.05, 3.63) is 99.4 Å². The lowest BCUT2D eigenvalue weighted by Crippen LogP contribution is -2.27. The third-order valence-electron chi connectivity index (χ3n) is 4.67. The van der Waals surface area contributed by atoms with Crippen LogP contribution in [0.1, 0.15) is 5.56 Å². The van der Waals surface area contributed by atoms with Gasteiger partial charge in [0.05, 0.1) is 15.5 Å². The van der Waals surface area contributed by atoms with E-state index in [0.29, 0.717) is 33.9 Å². The number of amides is 1. The summed E-state index contributed by atoms with van der Waals surface area (Å²) in [4.78, 5) is 25.2. The lowest BCUT2D eigenvalue weighted by molar-refractivity contribution is -0.384. The van der Waals surface area contributed by atoms with Crippen LogP contribution in [0.3, 0.4) is 0 Å². The van der Waals surface area contributed by atoms with Gasteiger partial charge in [0.2, 0.25) is 0 Å². The van der Waals surface area contributed by atoms with Crippen molar-refractivity contribution in [2.75, 3.05) is 18.1 Å². The first-order valence-electron chi connectivity index (χ1n) is 9.95. The summed E-state index contributed by atoms with van der Waals surface area (Å²) in [7, 11) is 0. The van der Waals surface area contributed by atoms with Crippen LogP contribution in [0.25, 0.3) is 6.08 Å². The fourth-order valence-electron chi connectivity index (χ4n) is 3.11. The van der Waals surface area contributed by atoms with Crippen LogP contribution in [0.5, 0.6) is 11.5 Å². The molecule has 1 aliphatic rings. The summed E-state index contributed by atoms with van der Waals surface area (Å²) in [6, 6.07) is 22.6. The summed E-state index contributed by atoms with van der Waals surface area (Å²) in [6.07, 6.45) is 1.73. The molecule has 1 heterocycles. The van der Waals surface area contributed by atoms with Gasteiger partial charge < -0.3 is 9.47 Å². The minimum Gasteiger partial charge on any atom is -0.490 e. The zero-order valence-electron chi connectivity index (χ0n) is 17.2. The predicted octanol–water partition coefficient (Wildman–Crippen LogP) is 5.46. The van der Waals surface area contributed by atoms with Gasteiger partial charge in [-0.2, -0.15) is 0 Å². The summed E-state index contributed by atoms with van der Waals surface area (Å²) >= 11 is 6.56. The number of rotatable bonds is 8. The number of nitro benzene ring substituents is 1. The third kappa shape index (κ3) is 5.39. The predicted molar refractivity (Wildman–Crippen MR) is 133 cm³/mol. The highest BCUT2D eigenvalue weighted by Gasteiger charge is 2.33. The first-order chi connectivity index (χ1) is 16.0. The first kappa shape index (κ1) is 22.5. The highest BCUT2D eigenvalue weighted by molar-refractivity contribution is 8.27. The monoisotopic (exact) mass is 478 g/mol. The maximum Gasteiger partial charge on any atom is 0.270 e. The minimum absolute atomic E-state index is 0.0537. The molecule has 7 nitrogen and oxygen atoms in total. The van der Waals surface area contributed by atoms with Crippen molar-refractivity contribution in [2.45, 2.75) is 0 Å². The summed E-state index contributed by atoms with van der Waals surface area (Å²) < 4.78 is 11.9. The van der Waals surface area contributed by atoms with Gasteiger partial charge in [-0.05, 0) is 36.4 Å². The van der Waals surface area contributed by atoms with Gasteiger partial charge in [0.15, 0.2) is 4.32 Å². The van der Waals surface area contributed by atoms with E-state index >= 15 is 0 Å². The number of non-ortho nitro benzene ring substituents is 1. The van der Waals surface area contributed by atoms with Crippen LogP contribution in [0, 0.1) is 10.1 Å². The number of carbonyl (C=O) groups is 1. The molecule has 0 bridgehead atoms. The number of carbonyl (C=O) groups excluding carboxylic acids is 1. The Morgan fingerprint density at radius 1 is 0.939 bits per heavy atom. The minimum atomic E-state index is -0.490. The van der Waals surface area contributed by atoms with Crippen LogP contribution in [0.4, 0.5) is 11.4 Å². The number of hydrogen-bond acceptors (Lipinski definition) is 7. The topological polar surface area (TPSA) is 81.9 Å². The van der Waals surface area contributed by atoms with E-state index in [1.807, 2.05) is 54.6 Å². The molecule has 1 aliphatic heterocycles. The van der Waals surface area contributed by atoms with Gasteiger partial charge in [-0.3, -0.25) is 19.8 Å². The molecule has 0 aliphatic carbocycles. The van der Waals surface area contributed by atoms with Gasteiger partial charge in [-0.1, -0.05) is 60.4 Å². The molecule has 0 spiro atoms. The molecule has 1 saturated heterocycles. The van der Waals surface area contributed by atoms with Gasteiger partial charge >= 0.3 is 0 Å². The smallest absolute Gasteiger partial charge is 0.270 e. The second kappa shape index (κ2) is 10.3. The molecular formula is C24H18N2O5S2. The largest absolute Gasteiger partial charge is 0.490 e. The lowest BCUT2D eigenvalue weighted by atomic mass is 10.2. The number of nitrogens with zero attached hydrogens (tertiary/aromatic N) is 2. The summed E-state index contributed by atoms with van der Waals surface area (Å²) in [5, 5.41) is 10.9. The molecule has 0 atom stereocenters. The van der Waals surface area contributed by atoms with Gasteiger partial charge in [-0.15, -0.1) is 0 Å². The van der Waals surface area contributed by atoms with E-state index in [2.05, 4.69) is 0 Å². The maximum atomic E-state index is 13.0. The van der Waals surface area contributed by atoms with Crippen LogP contribution in [0.2, 0.25) is 0 Å². The van der Waals surface area contributed by atoms with Crippen molar-refractivity contribution in [3.63, 3.8) is 0 Å². The van der Waals surface area contributed by atoms with Crippen molar-refractivity contribution in [2.24, 2.45) is 0 Å². The van der Waals surface area contributed by atoms with Crippen LogP contribution in [-0.4, -0.2) is 28.4 Å². The van der Waals surface area contributed by atoms with Gasteiger partial charge in [0, 0.05) is 17.7 Å². The Labute approximate surface area is 199 Å². The second-order valence-corrected chi connectivity index (χ2v) is 8.51. The Morgan fingerprint density at radius 3 is 2.33 bits per heavy atom. The molecular weight excluding hydrogens is 460 g/mol. The van der Waals surface area contributed by atoms with Crippen molar-refractivity contribution < 1.29 is 19.2 Å². The number of thioether (sulfide) groups is 1. The standard InChI is InChI=1S/C24H18N2O5S2/c27-23-22(33-24(32)25(23)18-10-12-19(13-11-18)26(28)29)16-17-6-4-5-9-21(17)31-15-14-30-20-7-2-1-3-8-20/h1-13,16H,14-15H2/b22-16-. The number of ether oxygens (including phenoxy) is 2. The number of benzene rings is 3. The highest BCUT2D eigenvalue weighted by atomic mass is 32.2. The van der Waals surface area contributed by atoms with E-state index < -0.39 is 4.92 Å². The highest BCUT2D eigenvalue weighted by Crippen LogP contribution is 2.37. The Hall–Kier alpha value is -3.69. The number of para-hydroxylation sites is 2. The van der Waals surface area contributed by atoms with Gasteiger partial charge in [-0.25, -0.2) is 0 Å². The molecule has 1 fully saturated rings. The van der Waals surface area contributed by atoms with E-state index in [0.717, 1.165) is 11.3 Å². The fourth-order valence-corrected chi connectivity index (χ4v) is 4.40. The molecule has 1 amide bonds. The number of anilines is 1. The van der Waals surface area contributed by atoms with Gasteiger partial charge in [0.25, 0.3) is 11.6 Å².